The van der Waals surface area contributed by atoms with Crippen molar-refractivity contribution in [3.05, 3.63) is 23.5 Å². The van der Waals surface area contributed by atoms with Gasteiger partial charge in [-0.2, -0.15) is 0 Å². The Morgan fingerprint density at radius 1 is 1.50 bits per heavy atom. The van der Waals surface area contributed by atoms with Crippen molar-refractivity contribution in [2.75, 3.05) is 12.9 Å². The topological polar surface area (TPSA) is 73.3 Å². The van der Waals surface area contributed by atoms with Crippen LogP contribution < -0.4 is 0 Å². The van der Waals surface area contributed by atoms with E-state index in [1.54, 1.807) is 13.8 Å². The highest BCUT2D eigenvalue weighted by atomic mass is 32.2. The second-order valence-corrected chi connectivity index (χ2v) is 6.98. The number of pyridine rings is 1. The van der Waals surface area contributed by atoms with Gasteiger partial charge >= 0.3 is 5.97 Å². The monoisotopic (exact) mass is 295 g/mol. The van der Waals surface area contributed by atoms with Gasteiger partial charge in [-0.05, 0) is 25.5 Å². The molecule has 0 amide bonds. The van der Waals surface area contributed by atoms with Gasteiger partial charge in [-0.15, -0.1) is 6.42 Å². The molecule has 0 N–H and O–H groups in total. The smallest absolute Gasteiger partial charge is 0.358 e. The van der Waals surface area contributed by atoms with E-state index in [4.69, 9.17) is 6.42 Å². The summed E-state index contributed by atoms with van der Waals surface area (Å²) < 4.78 is 28.8. The van der Waals surface area contributed by atoms with Crippen molar-refractivity contribution < 1.29 is 17.9 Å². The molecule has 0 bridgehead atoms. The molecule has 0 atom stereocenters. The van der Waals surface area contributed by atoms with Gasteiger partial charge in [0.2, 0.25) is 0 Å². The van der Waals surface area contributed by atoms with Crippen molar-refractivity contribution in [3.8, 4) is 12.3 Å². The summed E-state index contributed by atoms with van der Waals surface area (Å²) in [5.41, 5.74) is -0.342. The maximum absolute atomic E-state index is 12.1. The first kappa shape index (κ1) is 16.2. The second kappa shape index (κ2) is 5.63. The zero-order chi connectivity index (χ0) is 15.6. The van der Waals surface area contributed by atoms with Crippen molar-refractivity contribution in [1.82, 2.24) is 4.98 Å². The minimum absolute atomic E-state index is 0.140. The number of nitrogens with zero attached hydrogens (tertiary/aromatic N) is 1. The molecule has 1 heterocycles. The Bertz CT molecular complexity index is 669. The van der Waals surface area contributed by atoms with Crippen molar-refractivity contribution >= 4 is 15.8 Å². The van der Waals surface area contributed by atoms with Gasteiger partial charge in [0, 0.05) is 6.20 Å². The summed E-state index contributed by atoms with van der Waals surface area (Å²) in [6, 6.07) is 1.40. The van der Waals surface area contributed by atoms with Crippen molar-refractivity contribution in [3.63, 3.8) is 0 Å². The number of rotatable bonds is 4. The van der Waals surface area contributed by atoms with E-state index in [0.29, 0.717) is 5.56 Å². The fourth-order valence-corrected chi connectivity index (χ4v) is 2.56. The second-order valence-electron chi connectivity index (χ2n) is 4.74. The molecule has 0 fully saturated rings. The molecule has 0 saturated heterocycles. The van der Waals surface area contributed by atoms with Crippen LogP contribution in [0.4, 0.5) is 0 Å². The molecule has 0 aliphatic rings. The maximum Gasteiger partial charge on any atom is 0.358 e. The molecule has 1 aromatic heterocycles. The third kappa shape index (κ3) is 2.99. The lowest BCUT2D eigenvalue weighted by molar-refractivity contribution is 0.0589. The van der Waals surface area contributed by atoms with Gasteiger partial charge in [-0.25, -0.2) is 18.2 Å². The maximum atomic E-state index is 12.1. The number of carbonyl (C=O) groups excluding carboxylic acids is 1. The number of carbonyl (C=O) groups is 1. The van der Waals surface area contributed by atoms with Crippen LogP contribution in [-0.4, -0.2) is 32.2 Å². The largest absolute Gasteiger partial charge is 0.464 e. The van der Waals surface area contributed by atoms with E-state index >= 15 is 0 Å². The summed E-state index contributed by atoms with van der Waals surface area (Å²) in [7, 11) is -2.43. The van der Waals surface area contributed by atoms with Crippen LogP contribution in [0.25, 0.3) is 0 Å². The van der Waals surface area contributed by atoms with Gasteiger partial charge in [0.05, 0.1) is 18.3 Å². The SMILES string of the molecule is C#CC(C)(C)c1cnc(C(=O)OC)c(S(=O)(=O)CC)c1. The van der Waals surface area contributed by atoms with Crippen molar-refractivity contribution in [2.24, 2.45) is 0 Å². The Morgan fingerprint density at radius 2 is 2.10 bits per heavy atom. The molecule has 1 aromatic rings. The molecule has 0 unspecified atom stereocenters. The van der Waals surface area contributed by atoms with Gasteiger partial charge < -0.3 is 4.74 Å². The van der Waals surface area contributed by atoms with Gasteiger partial charge in [0.25, 0.3) is 0 Å². The standard InChI is InChI=1S/C14H17NO4S/c1-6-14(3,4)10-8-11(20(17,18)7-2)12(15-9-10)13(16)19-5/h1,8-9H,7H2,2-5H3. The molecular formula is C14H17NO4S. The first-order valence-corrected chi connectivity index (χ1v) is 7.64. The van der Waals surface area contributed by atoms with Gasteiger partial charge in [0.1, 0.15) is 4.90 Å². The quantitative estimate of drug-likeness (QED) is 0.623. The first-order chi connectivity index (χ1) is 9.19. The third-order valence-electron chi connectivity index (χ3n) is 3.03. The number of esters is 1. The highest BCUT2D eigenvalue weighted by molar-refractivity contribution is 7.91. The zero-order valence-electron chi connectivity index (χ0n) is 11.9. The van der Waals surface area contributed by atoms with E-state index in [1.807, 2.05) is 0 Å². The predicted octanol–water partition coefficient (Wildman–Crippen LogP) is 1.57. The molecule has 0 aliphatic heterocycles. The molecule has 108 valence electrons. The van der Waals surface area contributed by atoms with E-state index in [9.17, 15) is 13.2 Å². The van der Waals surface area contributed by atoms with Crippen LogP contribution in [0, 0.1) is 12.3 Å². The summed E-state index contributed by atoms with van der Waals surface area (Å²) in [6.45, 7) is 5.03. The fraction of sp³-hybridized carbons (Fsp3) is 0.429. The van der Waals surface area contributed by atoms with E-state index in [-0.39, 0.29) is 16.3 Å². The normalized spacial score (nSPS) is 11.8. The van der Waals surface area contributed by atoms with Crippen LogP contribution in [-0.2, 0) is 20.0 Å². The Hall–Kier alpha value is -1.87. The summed E-state index contributed by atoms with van der Waals surface area (Å²) in [4.78, 5) is 15.4. The number of hydrogen-bond acceptors (Lipinski definition) is 5. The van der Waals surface area contributed by atoms with Crippen molar-refractivity contribution in [1.29, 1.82) is 0 Å². The van der Waals surface area contributed by atoms with E-state index in [0.717, 1.165) is 0 Å². The molecule has 0 aromatic carbocycles. The highest BCUT2D eigenvalue weighted by Crippen LogP contribution is 2.26. The molecule has 20 heavy (non-hydrogen) atoms. The van der Waals surface area contributed by atoms with Gasteiger partial charge in [0.15, 0.2) is 15.5 Å². The molecule has 5 nitrogen and oxygen atoms in total. The third-order valence-corrected chi connectivity index (χ3v) is 4.77. The molecule has 6 heteroatoms. The minimum atomic E-state index is -3.61. The lowest BCUT2D eigenvalue weighted by Gasteiger charge is -2.19. The fourth-order valence-electron chi connectivity index (χ4n) is 1.51. The van der Waals surface area contributed by atoms with Crippen LogP contribution >= 0.6 is 0 Å². The van der Waals surface area contributed by atoms with Crippen LogP contribution in [0.2, 0.25) is 0 Å². The van der Waals surface area contributed by atoms with Crippen LogP contribution in [0.15, 0.2) is 17.2 Å². The molecular weight excluding hydrogens is 278 g/mol. The Morgan fingerprint density at radius 3 is 2.55 bits per heavy atom. The average Bonchev–Trinajstić information content (AvgIpc) is 2.45. The Kier molecular flexibility index (Phi) is 4.56. The molecule has 1 rings (SSSR count). The summed E-state index contributed by atoms with van der Waals surface area (Å²) in [6.07, 6.45) is 6.84. The lowest BCUT2D eigenvalue weighted by atomic mass is 9.87. The summed E-state index contributed by atoms with van der Waals surface area (Å²) in [5.74, 6) is 1.64. The minimum Gasteiger partial charge on any atom is -0.464 e. The van der Waals surface area contributed by atoms with Crippen LogP contribution in [0.1, 0.15) is 36.8 Å². The number of methoxy groups -OCH3 is 1. The van der Waals surface area contributed by atoms with Gasteiger partial charge in [-0.3, -0.25) is 0 Å². The number of aromatic nitrogens is 1. The summed E-state index contributed by atoms with van der Waals surface area (Å²) >= 11 is 0. The van der Waals surface area contributed by atoms with E-state index in [1.165, 1.54) is 26.3 Å². The average molecular weight is 295 g/mol. The molecule has 0 aliphatic carbocycles. The highest BCUT2D eigenvalue weighted by Gasteiger charge is 2.27. The number of ether oxygens (including phenoxy) is 1. The van der Waals surface area contributed by atoms with E-state index < -0.39 is 21.2 Å². The van der Waals surface area contributed by atoms with Gasteiger partial charge in [-0.1, -0.05) is 12.8 Å². The number of sulfone groups is 1. The zero-order valence-corrected chi connectivity index (χ0v) is 12.7. The van der Waals surface area contributed by atoms with Crippen LogP contribution in [0.5, 0.6) is 0 Å². The summed E-state index contributed by atoms with van der Waals surface area (Å²) in [5, 5.41) is 0. The number of terminal acetylenes is 1. The Labute approximate surface area is 119 Å². The molecule has 0 radical (unpaired) electrons. The van der Waals surface area contributed by atoms with E-state index in [2.05, 4.69) is 15.6 Å². The Balaban J connectivity index is 3.62. The predicted molar refractivity (Wildman–Crippen MR) is 75.2 cm³/mol. The lowest BCUT2D eigenvalue weighted by Crippen LogP contribution is -2.19. The molecule has 0 spiro atoms. The molecule has 0 saturated carbocycles. The first-order valence-electron chi connectivity index (χ1n) is 5.99. The number of hydrogen-bond donors (Lipinski definition) is 0. The van der Waals surface area contributed by atoms with Crippen LogP contribution in [0.3, 0.4) is 0 Å². The van der Waals surface area contributed by atoms with Crippen molar-refractivity contribution in [2.45, 2.75) is 31.1 Å².